The maximum absolute atomic E-state index is 10.1. The minimum absolute atomic E-state index is 0.576. The molecule has 0 amide bonds. The molecule has 0 aliphatic rings. The van der Waals surface area contributed by atoms with Crippen molar-refractivity contribution in [3.8, 4) is 0 Å². The van der Waals surface area contributed by atoms with E-state index in [1.54, 1.807) is 0 Å². The van der Waals surface area contributed by atoms with Crippen molar-refractivity contribution in [3.05, 3.63) is 23.3 Å². The van der Waals surface area contributed by atoms with Crippen LogP contribution in [-0.4, -0.2) is 21.0 Å². The summed E-state index contributed by atoms with van der Waals surface area (Å²) in [5.74, 6) is -0.394. The number of carbonyl (C=O) groups is 1. The standard InChI is InChI=1S/C8H10N2O2/c1-5-6(2)10-7(9-5)3-4-8(11)12/h3-4H,1-2H3,(H,9,10)(H,11,12)/b4-3+. The number of imidazole rings is 1. The van der Waals surface area contributed by atoms with Crippen LogP contribution in [0, 0.1) is 13.8 Å². The van der Waals surface area contributed by atoms with Crippen molar-refractivity contribution in [2.75, 3.05) is 0 Å². The number of hydrogen-bond donors (Lipinski definition) is 2. The first-order valence-corrected chi connectivity index (χ1v) is 3.54. The molecule has 0 fully saturated rings. The lowest BCUT2D eigenvalue weighted by molar-refractivity contribution is -0.131. The zero-order valence-electron chi connectivity index (χ0n) is 6.96. The zero-order chi connectivity index (χ0) is 9.14. The van der Waals surface area contributed by atoms with Crippen molar-refractivity contribution in [1.82, 2.24) is 9.97 Å². The van der Waals surface area contributed by atoms with Crippen LogP contribution < -0.4 is 0 Å². The highest BCUT2D eigenvalue weighted by atomic mass is 16.4. The fourth-order valence-electron chi connectivity index (χ4n) is 0.804. The van der Waals surface area contributed by atoms with Gasteiger partial charge < -0.3 is 10.1 Å². The Kier molecular flexibility index (Phi) is 2.28. The molecule has 0 aliphatic carbocycles. The van der Waals surface area contributed by atoms with Crippen LogP contribution in [0.5, 0.6) is 0 Å². The molecule has 0 bridgehead atoms. The van der Waals surface area contributed by atoms with E-state index in [2.05, 4.69) is 9.97 Å². The number of H-pyrrole nitrogens is 1. The minimum Gasteiger partial charge on any atom is -0.478 e. The smallest absolute Gasteiger partial charge is 0.328 e. The molecule has 0 saturated heterocycles. The van der Waals surface area contributed by atoms with E-state index in [0.29, 0.717) is 5.82 Å². The highest BCUT2D eigenvalue weighted by Crippen LogP contribution is 2.03. The van der Waals surface area contributed by atoms with Crippen LogP contribution in [0.2, 0.25) is 0 Å². The molecular formula is C8H10N2O2. The molecule has 0 radical (unpaired) electrons. The Labute approximate surface area is 70.0 Å². The number of aliphatic carboxylic acids is 1. The molecule has 1 aromatic rings. The second-order valence-corrected chi connectivity index (χ2v) is 2.50. The van der Waals surface area contributed by atoms with E-state index in [0.717, 1.165) is 17.5 Å². The van der Waals surface area contributed by atoms with Gasteiger partial charge in [-0.3, -0.25) is 0 Å². The van der Waals surface area contributed by atoms with Gasteiger partial charge in [-0.05, 0) is 19.9 Å². The largest absolute Gasteiger partial charge is 0.478 e. The first-order valence-electron chi connectivity index (χ1n) is 3.54. The number of carboxylic acids is 1. The molecule has 0 aromatic carbocycles. The van der Waals surface area contributed by atoms with Gasteiger partial charge >= 0.3 is 5.97 Å². The van der Waals surface area contributed by atoms with Crippen molar-refractivity contribution in [2.45, 2.75) is 13.8 Å². The SMILES string of the molecule is Cc1nc(/C=C/C(=O)O)[nH]c1C. The molecule has 0 saturated carbocycles. The van der Waals surface area contributed by atoms with E-state index in [1.165, 1.54) is 6.08 Å². The van der Waals surface area contributed by atoms with Gasteiger partial charge in [0, 0.05) is 11.8 Å². The van der Waals surface area contributed by atoms with Crippen molar-refractivity contribution in [2.24, 2.45) is 0 Å². The number of aromatic amines is 1. The summed E-state index contributed by atoms with van der Waals surface area (Å²) in [7, 11) is 0. The lowest BCUT2D eigenvalue weighted by Crippen LogP contribution is -1.86. The van der Waals surface area contributed by atoms with Gasteiger partial charge in [-0.2, -0.15) is 0 Å². The maximum Gasteiger partial charge on any atom is 0.328 e. The van der Waals surface area contributed by atoms with Crippen LogP contribution in [0.1, 0.15) is 17.2 Å². The van der Waals surface area contributed by atoms with Crippen molar-refractivity contribution < 1.29 is 9.90 Å². The summed E-state index contributed by atoms with van der Waals surface area (Å²) in [5, 5.41) is 8.32. The predicted molar refractivity (Wildman–Crippen MR) is 44.7 cm³/mol. The van der Waals surface area contributed by atoms with Crippen LogP contribution in [0.15, 0.2) is 6.08 Å². The van der Waals surface area contributed by atoms with Gasteiger partial charge in [0.05, 0.1) is 5.69 Å². The monoisotopic (exact) mass is 166 g/mol. The molecule has 2 N–H and O–H groups in total. The van der Waals surface area contributed by atoms with E-state index >= 15 is 0 Å². The Balaban J connectivity index is 2.83. The van der Waals surface area contributed by atoms with E-state index in [4.69, 9.17) is 5.11 Å². The van der Waals surface area contributed by atoms with E-state index in [-0.39, 0.29) is 0 Å². The van der Waals surface area contributed by atoms with Gasteiger partial charge in [0.25, 0.3) is 0 Å². The number of rotatable bonds is 2. The maximum atomic E-state index is 10.1. The highest BCUT2D eigenvalue weighted by molar-refractivity contribution is 5.84. The summed E-state index contributed by atoms with van der Waals surface area (Å²) in [6.07, 6.45) is 2.49. The quantitative estimate of drug-likeness (QED) is 0.647. The average molecular weight is 166 g/mol. The number of hydrogen-bond acceptors (Lipinski definition) is 2. The van der Waals surface area contributed by atoms with Crippen molar-refractivity contribution in [3.63, 3.8) is 0 Å². The fourth-order valence-corrected chi connectivity index (χ4v) is 0.804. The van der Waals surface area contributed by atoms with Crippen LogP contribution in [0.4, 0.5) is 0 Å². The molecular weight excluding hydrogens is 156 g/mol. The summed E-state index contributed by atoms with van der Waals surface area (Å²) in [4.78, 5) is 17.2. The Morgan fingerprint density at radius 1 is 1.58 bits per heavy atom. The van der Waals surface area contributed by atoms with E-state index < -0.39 is 5.97 Å². The molecule has 1 aromatic heterocycles. The predicted octanol–water partition coefficient (Wildman–Crippen LogP) is 1.12. The Morgan fingerprint density at radius 3 is 2.67 bits per heavy atom. The van der Waals surface area contributed by atoms with Crippen LogP contribution in [-0.2, 0) is 4.79 Å². The molecule has 64 valence electrons. The lowest BCUT2D eigenvalue weighted by Gasteiger charge is -1.81. The van der Waals surface area contributed by atoms with Crippen LogP contribution in [0.25, 0.3) is 6.08 Å². The van der Waals surface area contributed by atoms with E-state index in [1.807, 2.05) is 13.8 Å². The average Bonchev–Trinajstić information content (AvgIpc) is 2.28. The molecule has 0 spiro atoms. The fraction of sp³-hybridized carbons (Fsp3) is 0.250. The van der Waals surface area contributed by atoms with Crippen LogP contribution >= 0.6 is 0 Å². The Bertz CT molecular complexity index is 306. The van der Waals surface area contributed by atoms with E-state index in [9.17, 15) is 4.79 Å². The lowest BCUT2D eigenvalue weighted by atomic mass is 10.4. The van der Waals surface area contributed by atoms with Gasteiger partial charge in [0.15, 0.2) is 0 Å². The number of carboxylic acid groups (broad SMARTS) is 1. The molecule has 1 heterocycles. The molecule has 1 rings (SSSR count). The number of nitrogens with zero attached hydrogens (tertiary/aromatic N) is 1. The van der Waals surface area contributed by atoms with Gasteiger partial charge in [-0.15, -0.1) is 0 Å². The second-order valence-electron chi connectivity index (χ2n) is 2.50. The molecule has 0 aliphatic heterocycles. The third-order valence-corrected chi connectivity index (χ3v) is 1.53. The number of aromatic nitrogens is 2. The number of aryl methyl sites for hydroxylation is 2. The van der Waals surface area contributed by atoms with Gasteiger partial charge in [0.2, 0.25) is 0 Å². The zero-order valence-corrected chi connectivity index (χ0v) is 6.96. The minimum atomic E-state index is -0.971. The normalized spacial score (nSPS) is 10.8. The summed E-state index contributed by atoms with van der Waals surface area (Å²) in [6.45, 7) is 3.75. The van der Waals surface area contributed by atoms with Crippen molar-refractivity contribution in [1.29, 1.82) is 0 Å². The summed E-state index contributed by atoms with van der Waals surface area (Å²) in [6, 6.07) is 0. The van der Waals surface area contributed by atoms with Gasteiger partial charge in [-0.1, -0.05) is 0 Å². The van der Waals surface area contributed by atoms with Crippen LogP contribution in [0.3, 0.4) is 0 Å². The Morgan fingerprint density at radius 2 is 2.25 bits per heavy atom. The van der Waals surface area contributed by atoms with Gasteiger partial charge in [-0.25, -0.2) is 9.78 Å². The number of nitrogens with one attached hydrogen (secondary N) is 1. The third-order valence-electron chi connectivity index (χ3n) is 1.53. The molecule has 4 nitrogen and oxygen atoms in total. The summed E-state index contributed by atoms with van der Waals surface area (Å²) < 4.78 is 0. The molecule has 12 heavy (non-hydrogen) atoms. The first kappa shape index (κ1) is 8.52. The molecule has 0 atom stereocenters. The Hall–Kier alpha value is -1.58. The van der Waals surface area contributed by atoms with Crippen molar-refractivity contribution >= 4 is 12.0 Å². The van der Waals surface area contributed by atoms with Gasteiger partial charge in [0.1, 0.15) is 5.82 Å². The first-order chi connectivity index (χ1) is 5.59. The highest BCUT2D eigenvalue weighted by Gasteiger charge is 1.98. The third kappa shape index (κ3) is 1.95. The summed E-state index contributed by atoms with van der Waals surface area (Å²) in [5.41, 5.74) is 1.85. The molecule has 0 unspecified atom stereocenters. The molecule has 4 heteroatoms. The summed E-state index contributed by atoms with van der Waals surface area (Å²) >= 11 is 0. The second kappa shape index (κ2) is 3.21. The topological polar surface area (TPSA) is 66.0 Å².